The lowest BCUT2D eigenvalue weighted by molar-refractivity contribution is 0.0719. The van der Waals surface area contributed by atoms with E-state index < -0.39 is 11.9 Å². The van der Waals surface area contributed by atoms with Gasteiger partial charge in [-0.25, -0.2) is 9.59 Å². The first-order valence-electron chi connectivity index (χ1n) is 10.6. The lowest BCUT2D eigenvalue weighted by Gasteiger charge is -2.10. The third kappa shape index (κ3) is 4.74. The number of hydrogen-bond acceptors (Lipinski definition) is 6. The number of benzene rings is 5. The molecule has 0 aliphatic carbocycles. The summed E-state index contributed by atoms with van der Waals surface area (Å²) in [6.45, 7) is 0. The van der Waals surface area contributed by atoms with Gasteiger partial charge in [-0.1, -0.05) is 35.9 Å². The Balaban J connectivity index is 1.30. The molecule has 6 nitrogen and oxygen atoms in total. The summed E-state index contributed by atoms with van der Waals surface area (Å²) in [6.07, 6.45) is 0. The number of esters is 2. The normalized spacial score (nSPS) is 10.9. The predicted molar refractivity (Wildman–Crippen MR) is 133 cm³/mol. The molecule has 7 heteroatoms. The van der Waals surface area contributed by atoms with Crippen molar-refractivity contribution in [1.82, 2.24) is 0 Å². The van der Waals surface area contributed by atoms with E-state index in [4.69, 9.17) is 21.1 Å². The standard InChI is InChI=1S/C28H17ClO6/c29-25-15-24(34-27(32)20-3-1-18-13-22(30)7-5-16(18)11-20)9-10-26(25)35-28(33)21-4-2-19-14-23(31)8-6-17(19)12-21/h1-15,30-31H. The van der Waals surface area contributed by atoms with Crippen LogP contribution in [0.4, 0.5) is 0 Å². The van der Waals surface area contributed by atoms with Crippen LogP contribution in [0.1, 0.15) is 20.7 Å². The Kier molecular flexibility index (Phi) is 5.73. The fourth-order valence-corrected chi connectivity index (χ4v) is 3.88. The van der Waals surface area contributed by atoms with E-state index in [0.29, 0.717) is 11.1 Å². The average Bonchev–Trinajstić information content (AvgIpc) is 2.84. The van der Waals surface area contributed by atoms with E-state index >= 15 is 0 Å². The van der Waals surface area contributed by atoms with Gasteiger partial charge in [-0.2, -0.15) is 0 Å². The van der Waals surface area contributed by atoms with Crippen LogP contribution in [0.25, 0.3) is 21.5 Å². The second kappa shape index (κ2) is 9.00. The minimum Gasteiger partial charge on any atom is -0.508 e. The summed E-state index contributed by atoms with van der Waals surface area (Å²) in [5.41, 5.74) is 0.652. The predicted octanol–water partition coefficient (Wildman–Crippen LogP) is 6.50. The van der Waals surface area contributed by atoms with Crippen LogP contribution in [0.3, 0.4) is 0 Å². The summed E-state index contributed by atoms with van der Waals surface area (Å²) in [4.78, 5) is 25.2. The number of halogens is 1. The van der Waals surface area contributed by atoms with Crippen molar-refractivity contribution in [2.75, 3.05) is 0 Å². The van der Waals surface area contributed by atoms with Crippen LogP contribution in [0.2, 0.25) is 5.02 Å². The van der Waals surface area contributed by atoms with Crippen molar-refractivity contribution in [3.63, 3.8) is 0 Å². The molecule has 5 aromatic carbocycles. The van der Waals surface area contributed by atoms with Crippen LogP contribution in [0.15, 0.2) is 91.0 Å². The van der Waals surface area contributed by atoms with Crippen LogP contribution in [0.5, 0.6) is 23.0 Å². The molecule has 0 saturated heterocycles. The summed E-state index contributed by atoms with van der Waals surface area (Å²) >= 11 is 6.28. The highest BCUT2D eigenvalue weighted by Gasteiger charge is 2.15. The van der Waals surface area contributed by atoms with Crippen LogP contribution in [-0.4, -0.2) is 22.2 Å². The molecule has 0 spiro atoms. The van der Waals surface area contributed by atoms with Crippen LogP contribution in [0, 0.1) is 0 Å². The number of carbonyl (C=O) groups is 2. The summed E-state index contributed by atoms with van der Waals surface area (Å²) in [5.74, 6) is -0.592. The molecule has 0 aliphatic rings. The van der Waals surface area contributed by atoms with Gasteiger partial charge in [-0.15, -0.1) is 0 Å². The molecule has 172 valence electrons. The van der Waals surface area contributed by atoms with Gasteiger partial charge in [-0.3, -0.25) is 0 Å². The number of fused-ring (bicyclic) bond motifs is 2. The lowest BCUT2D eigenvalue weighted by atomic mass is 10.1. The van der Waals surface area contributed by atoms with E-state index in [9.17, 15) is 19.8 Å². The largest absolute Gasteiger partial charge is 0.508 e. The molecule has 0 aromatic heterocycles. The average molecular weight is 485 g/mol. The van der Waals surface area contributed by atoms with Gasteiger partial charge in [-0.05, 0) is 82.2 Å². The number of hydrogen-bond donors (Lipinski definition) is 2. The van der Waals surface area contributed by atoms with Gasteiger partial charge >= 0.3 is 11.9 Å². The highest BCUT2D eigenvalue weighted by atomic mass is 35.5. The van der Waals surface area contributed by atoms with Crippen molar-refractivity contribution in [2.24, 2.45) is 0 Å². The number of carbonyl (C=O) groups excluding carboxylic acids is 2. The van der Waals surface area contributed by atoms with Gasteiger partial charge in [0, 0.05) is 6.07 Å². The quantitative estimate of drug-likeness (QED) is 0.223. The Bertz CT molecular complexity index is 1630. The molecule has 5 aromatic rings. The summed E-state index contributed by atoms with van der Waals surface area (Å²) in [6, 6.07) is 24.0. The SMILES string of the molecule is O=C(Oc1ccc(OC(=O)c2ccc3cc(O)ccc3c2)c(Cl)c1)c1ccc2cc(O)ccc2c1. The molecule has 0 bridgehead atoms. The maximum absolute atomic E-state index is 12.6. The minimum atomic E-state index is -0.603. The molecule has 0 heterocycles. The molecule has 0 saturated carbocycles. The Hall–Kier alpha value is -4.55. The number of phenols is 2. The van der Waals surface area contributed by atoms with Crippen molar-refractivity contribution >= 4 is 45.1 Å². The van der Waals surface area contributed by atoms with Gasteiger partial charge in [0.2, 0.25) is 0 Å². The fourth-order valence-electron chi connectivity index (χ4n) is 3.67. The van der Waals surface area contributed by atoms with Gasteiger partial charge in [0.15, 0.2) is 0 Å². The van der Waals surface area contributed by atoms with E-state index in [0.717, 1.165) is 21.5 Å². The van der Waals surface area contributed by atoms with E-state index in [1.165, 1.54) is 24.3 Å². The number of aromatic hydroxyl groups is 2. The molecule has 0 fully saturated rings. The third-order valence-electron chi connectivity index (χ3n) is 5.44. The topological polar surface area (TPSA) is 93.1 Å². The Morgan fingerprint density at radius 3 is 1.60 bits per heavy atom. The van der Waals surface area contributed by atoms with Crippen molar-refractivity contribution in [3.8, 4) is 23.0 Å². The Morgan fingerprint density at radius 2 is 1.06 bits per heavy atom. The van der Waals surface area contributed by atoms with Crippen molar-refractivity contribution in [3.05, 3.63) is 107 Å². The molecule has 0 atom stereocenters. The molecule has 2 N–H and O–H groups in total. The Labute approximate surface area is 204 Å². The summed E-state index contributed by atoms with van der Waals surface area (Å²) < 4.78 is 10.8. The van der Waals surface area contributed by atoms with E-state index in [2.05, 4.69) is 0 Å². The number of rotatable bonds is 4. The summed E-state index contributed by atoms with van der Waals surface area (Å²) in [5, 5.41) is 22.4. The zero-order valence-electron chi connectivity index (χ0n) is 18.1. The van der Waals surface area contributed by atoms with E-state index in [1.807, 2.05) is 0 Å². The first-order chi connectivity index (χ1) is 16.9. The third-order valence-corrected chi connectivity index (χ3v) is 5.73. The first-order valence-corrected chi connectivity index (χ1v) is 10.9. The second-order valence-electron chi connectivity index (χ2n) is 7.86. The van der Waals surface area contributed by atoms with Gasteiger partial charge in [0.05, 0.1) is 16.1 Å². The van der Waals surface area contributed by atoms with Crippen LogP contribution >= 0.6 is 11.6 Å². The van der Waals surface area contributed by atoms with Crippen LogP contribution < -0.4 is 9.47 Å². The van der Waals surface area contributed by atoms with E-state index in [-0.39, 0.29) is 28.0 Å². The smallest absolute Gasteiger partial charge is 0.343 e. The molecule has 5 rings (SSSR count). The minimum absolute atomic E-state index is 0.100. The Morgan fingerprint density at radius 1 is 0.571 bits per heavy atom. The molecular weight excluding hydrogens is 468 g/mol. The zero-order chi connectivity index (χ0) is 24.5. The summed E-state index contributed by atoms with van der Waals surface area (Å²) in [7, 11) is 0. The molecule has 0 radical (unpaired) electrons. The fraction of sp³-hybridized carbons (Fsp3) is 0. The first kappa shape index (κ1) is 22.3. The van der Waals surface area contributed by atoms with Crippen LogP contribution in [-0.2, 0) is 0 Å². The van der Waals surface area contributed by atoms with Gasteiger partial charge in [0.1, 0.15) is 23.0 Å². The molecule has 0 unspecified atom stereocenters. The zero-order valence-corrected chi connectivity index (χ0v) is 18.8. The molecule has 35 heavy (non-hydrogen) atoms. The highest BCUT2D eigenvalue weighted by molar-refractivity contribution is 6.32. The maximum atomic E-state index is 12.6. The lowest BCUT2D eigenvalue weighted by Crippen LogP contribution is -2.10. The maximum Gasteiger partial charge on any atom is 0.343 e. The van der Waals surface area contributed by atoms with Crippen molar-refractivity contribution in [1.29, 1.82) is 0 Å². The highest BCUT2D eigenvalue weighted by Crippen LogP contribution is 2.31. The molecule has 0 aliphatic heterocycles. The number of phenolic OH excluding ortho intramolecular Hbond substituents is 2. The molecule has 0 amide bonds. The molecular formula is C28H17ClO6. The van der Waals surface area contributed by atoms with E-state index in [1.54, 1.807) is 66.7 Å². The van der Waals surface area contributed by atoms with Gasteiger partial charge in [0.25, 0.3) is 0 Å². The second-order valence-corrected chi connectivity index (χ2v) is 8.27. The monoisotopic (exact) mass is 484 g/mol. The van der Waals surface area contributed by atoms with Gasteiger partial charge < -0.3 is 19.7 Å². The van der Waals surface area contributed by atoms with Crippen molar-refractivity contribution < 1.29 is 29.3 Å². The number of ether oxygens (including phenoxy) is 2. The van der Waals surface area contributed by atoms with Crippen molar-refractivity contribution in [2.45, 2.75) is 0 Å².